The van der Waals surface area contributed by atoms with Gasteiger partial charge in [-0.25, -0.2) is 4.98 Å². The number of nitrogens with zero attached hydrogens (tertiary/aromatic N) is 3. The second kappa shape index (κ2) is 11.3. The number of aryl methyl sites for hydroxylation is 1. The third-order valence-electron chi connectivity index (χ3n) is 5.45. The van der Waals surface area contributed by atoms with Crippen molar-refractivity contribution in [1.29, 1.82) is 0 Å². The molecule has 0 atom stereocenters. The van der Waals surface area contributed by atoms with Crippen LogP contribution < -0.4 is 25.0 Å². The van der Waals surface area contributed by atoms with Crippen molar-refractivity contribution in [3.05, 3.63) is 66.9 Å². The summed E-state index contributed by atoms with van der Waals surface area (Å²) in [5.74, 6) is 1.69. The average Bonchev–Trinajstić information content (AvgIpc) is 3.16. The zero-order valence-corrected chi connectivity index (χ0v) is 19.9. The van der Waals surface area contributed by atoms with Crippen molar-refractivity contribution >= 4 is 28.9 Å². The molecule has 1 saturated heterocycles. The number of benzene rings is 2. The minimum Gasteiger partial charge on any atom is -0.494 e. The van der Waals surface area contributed by atoms with E-state index < -0.39 is 0 Å². The lowest BCUT2D eigenvalue weighted by atomic mass is 10.2. The van der Waals surface area contributed by atoms with Crippen LogP contribution >= 0.6 is 0 Å². The first-order valence-corrected chi connectivity index (χ1v) is 11.4. The topological polar surface area (TPSA) is 97.8 Å². The van der Waals surface area contributed by atoms with Gasteiger partial charge in [-0.1, -0.05) is 12.6 Å². The van der Waals surface area contributed by atoms with Crippen molar-refractivity contribution in [3.8, 4) is 17.4 Å². The van der Waals surface area contributed by atoms with Crippen LogP contribution in [-0.4, -0.2) is 49.3 Å². The van der Waals surface area contributed by atoms with E-state index in [1.165, 1.54) is 6.08 Å². The Hall–Kier alpha value is -4.11. The van der Waals surface area contributed by atoms with Crippen molar-refractivity contribution in [2.24, 2.45) is 0 Å². The standard InChI is InChI=1S/C26H29N5O4/c1-4-24(32)28-19-7-5-8-21(15-19)35-25-18(2)17-27-26(30-25)29-22-10-9-20(16-23(22)33-3)31-11-6-13-34-14-12-31/h4-5,7-10,15-17H,1,6,11-14H2,2-3H3,(H,28,32)(H,27,29,30). The molecule has 2 N–H and O–H groups in total. The lowest BCUT2D eigenvalue weighted by Crippen LogP contribution is -2.25. The van der Waals surface area contributed by atoms with Gasteiger partial charge in [-0.2, -0.15) is 4.98 Å². The number of ether oxygens (including phenoxy) is 3. The summed E-state index contributed by atoms with van der Waals surface area (Å²) >= 11 is 0. The molecule has 1 aliphatic rings. The van der Waals surface area contributed by atoms with E-state index in [1.807, 2.05) is 25.1 Å². The monoisotopic (exact) mass is 475 g/mol. The molecule has 0 radical (unpaired) electrons. The van der Waals surface area contributed by atoms with Crippen molar-refractivity contribution < 1.29 is 19.0 Å². The van der Waals surface area contributed by atoms with Crippen molar-refractivity contribution in [2.45, 2.75) is 13.3 Å². The van der Waals surface area contributed by atoms with E-state index in [9.17, 15) is 4.79 Å². The number of aromatic nitrogens is 2. The van der Waals surface area contributed by atoms with Gasteiger partial charge in [0.05, 0.1) is 19.4 Å². The molecule has 1 aromatic heterocycles. The highest BCUT2D eigenvalue weighted by Crippen LogP contribution is 2.33. The molecule has 2 aromatic carbocycles. The second-order valence-electron chi connectivity index (χ2n) is 7.97. The first-order chi connectivity index (χ1) is 17.1. The van der Waals surface area contributed by atoms with E-state index in [2.05, 4.69) is 32.1 Å². The van der Waals surface area contributed by atoms with Gasteiger partial charge in [-0.15, -0.1) is 0 Å². The molecule has 1 aliphatic heterocycles. The van der Waals surface area contributed by atoms with Crippen molar-refractivity contribution in [2.75, 3.05) is 48.9 Å². The molecule has 0 saturated carbocycles. The molecule has 3 aromatic rings. The minimum absolute atomic E-state index is 0.295. The largest absolute Gasteiger partial charge is 0.494 e. The van der Waals surface area contributed by atoms with Gasteiger partial charge in [-0.3, -0.25) is 4.79 Å². The summed E-state index contributed by atoms with van der Waals surface area (Å²) in [5.41, 5.74) is 3.18. The van der Waals surface area contributed by atoms with Gasteiger partial charge in [0.25, 0.3) is 0 Å². The van der Waals surface area contributed by atoms with Crippen molar-refractivity contribution in [3.63, 3.8) is 0 Å². The predicted octanol–water partition coefficient (Wildman–Crippen LogP) is 4.68. The highest BCUT2D eigenvalue weighted by Gasteiger charge is 2.14. The Morgan fingerprint density at radius 2 is 2.09 bits per heavy atom. The number of amides is 1. The van der Waals surface area contributed by atoms with E-state index in [4.69, 9.17) is 14.2 Å². The second-order valence-corrected chi connectivity index (χ2v) is 7.97. The normalized spacial score (nSPS) is 13.5. The van der Waals surface area contributed by atoms with E-state index in [1.54, 1.807) is 37.6 Å². The van der Waals surface area contributed by atoms with Crippen LogP contribution in [0.3, 0.4) is 0 Å². The van der Waals surface area contributed by atoms with E-state index in [0.717, 1.165) is 43.1 Å². The summed E-state index contributed by atoms with van der Waals surface area (Å²) in [6.45, 7) is 8.61. The molecule has 0 unspecified atom stereocenters. The van der Waals surface area contributed by atoms with Gasteiger partial charge in [0.1, 0.15) is 11.5 Å². The molecule has 0 bridgehead atoms. The van der Waals surface area contributed by atoms with Gasteiger partial charge in [0.2, 0.25) is 17.7 Å². The molecular formula is C26H29N5O4. The lowest BCUT2D eigenvalue weighted by Gasteiger charge is -2.23. The van der Waals surface area contributed by atoms with Crippen LogP contribution in [0.5, 0.6) is 17.4 Å². The third kappa shape index (κ3) is 6.27. The third-order valence-corrected chi connectivity index (χ3v) is 5.45. The molecule has 0 aliphatic carbocycles. The summed E-state index contributed by atoms with van der Waals surface area (Å²) in [6.07, 6.45) is 3.89. The Labute approximate surface area is 204 Å². The Morgan fingerprint density at radius 3 is 2.91 bits per heavy atom. The molecule has 2 heterocycles. The van der Waals surface area contributed by atoms with Gasteiger partial charge < -0.3 is 29.7 Å². The van der Waals surface area contributed by atoms with Crippen LogP contribution in [0.2, 0.25) is 0 Å². The molecule has 1 fully saturated rings. The van der Waals surface area contributed by atoms with Gasteiger partial charge in [0.15, 0.2) is 0 Å². The first kappa shape index (κ1) is 24.0. The summed E-state index contributed by atoms with van der Waals surface area (Å²) in [6, 6.07) is 13.1. The molecular weight excluding hydrogens is 446 g/mol. The van der Waals surface area contributed by atoms with E-state index >= 15 is 0 Å². The molecule has 1 amide bonds. The zero-order chi connectivity index (χ0) is 24.6. The smallest absolute Gasteiger partial charge is 0.247 e. The highest BCUT2D eigenvalue weighted by atomic mass is 16.5. The van der Waals surface area contributed by atoms with Gasteiger partial charge in [0, 0.05) is 55.0 Å². The quantitative estimate of drug-likeness (QED) is 0.453. The summed E-state index contributed by atoms with van der Waals surface area (Å²) in [4.78, 5) is 22.8. The number of anilines is 4. The van der Waals surface area contributed by atoms with Crippen LogP contribution in [-0.2, 0) is 9.53 Å². The average molecular weight is 476 g/mol. The molecule has 35 heavy (non-hydrogen) atoms. The van der Waals surface area contributed by atoms with Crippen LogP contribution in [0, 0.1) is 6.92 Å². The number of hydrogen-bond acceptors (Lipinski definition) is 8. The summed E-state index contributed by atoms with van der Waals surface area (Å²) in [7, 11) is 1.64. The zero-order valence-electron chi connectivity index (χ0n) is 19.9. The number of carbonyl (C=O) groups excluding carboxylic acids is 1. The fraction of sp³-hybridized carbons (Fsp3) is 0.269. The summed E-state index contributed by atoms with van der Waals surface area (Å²) in [5, 5.41) is 5.94. The number of nitrogens with one attached hydrogen (secondary N) is 2. The fourth-order valence-electron chi connectivity index (χ4n) is 3.64. The number of methoxy groups -OCH3 is 1. The first-order valence-electron chi connectivity index (χ1n) is 11.4. The Balaban J connectivity index is 1.51. The highest BCUT2D eigenvalue weighted by molar-refractivity contribution is 5.98. The fourth-order valence-corrected chi connectivity index (χ4v) is 3.64. The van der Waals surface area contributed by atoms with Gasteiger partial charge in [-0.05, 0) is 43.7 Å². The number of carbonyl (C=O) groups is 1. The Morgan fingerprint density at radius 1 is 1.20 bits per heavy atom. The van der Waals surface area contributed by atoms with Gasteiger partial charge >= 0.3 is 0 Å². The minimum atomic E-state index is -0.295. The maximum absolute atomic E-state index is 11.6. The van der Waals surface area contributed by atoms with Crippen molar-refractivity contribution in [1.82, 2.24) is 9.97 Å². The molecule has 0 spiro atoms. The lowest BCUT2D eigenvalue weighted by molar-refractivity contribution is -0.111. The maximum atomic E-state index is 11.6. The van der Waals surface area contributed by atoms with Crippen LogP contribution in [0.1, 0.15) is 12.0 Å². The van der Waals surface area contributed by atoms with Crippen LogP contribution in [0.25, 0.3) is 0 Å². The van der Waals surface area contributed by atoms with Crippen LogP contribution in [0.4, 0.5) is 23.0 Å². The van der Waals surface area contributed by atoms with E-state index in [0.29, 0.717) is 35.6 Å². The SMILES string of the molecule is C=CC(=O)Nc1cccc(Oc2nc(Nc3ccc(N4CCCOCC4)cc3OC)ncc2C)c1. The number of hydrogen-bond donors (Lipinski definition) is 2. The Bertz CT molecular complexity index is 1190. The Kier molecular flexibility index (Phi) is 7.79. The molecule has 4 rings (SSSR count). The molecule has 9 heteroatoms. The van der Waals surface area contributed by atoms with Crippen LogP contribution in [0.15, 0.2) is 61.3 Å². The molecule has 182 valence electrons. The van der Waals surface area contributed by atoms with E-state index in [-0.39, 0.29) is 5.91 Å². The predicted molar refractivity (Wildman–Crippen MR) is 136 cm³/mol. The molecule has 9 nitrogen and oxygen atoms in total. The maximum Gasteiger partial charge on any atom is 0.247 e. The summed E-state index contributed by atoms with van der Waals surface area (Å²) < 4.78 is 17.2. The number of rotatable bonds is 8.